The van der Waals surface area contributed by atoms with Crippen LogP contribution >= 0.6 is 0 Å². The number of hydrogen-bond acceptors (Lipinski definition) is 6. The maximum atomic E-state index is 11.5. The Balaban J connectivity index is 3.69. The van der Waals surface area contributed by atoms with Crippen LogP contribution in [0.5, 0.6) is 0 Å². The lowest BCUT2D eigenvalue weighted by atomic mass is 10.1. The molecular weight excluding hydrogens is 260 g/mol. The summed E-state index contributed by atoms with van der Waals surface area (Å²) in [5, 5.41) is 5.30. The van der Waals surface area contributed by atoms with Gasteiger partial charge < -0.3 is 33.6 Å². The topological polar surface area (TPSA) is 162 Å². The maximum absolute atomic E-state index is 11.5. The first-order valence-corrected chi connectivity index (χ1v) is 6.99. The van der Waals surface area contributed by atoms with Gasteiger partial charge in [-0.05, 0) is 38.8 Å². The molecule has 0 aromatic carbocycles. The van der Waals surface area contributed by atoms with Gasteiger partial charge in [-0.15, -0.1) is 0 Å². The van der Waals surface area contributed by atoms with Gasteiger partial charge >= 0.3 is 0 Å². The summed E-state index contributed by atoms with van der Waals surface area (Å²) in [6.07, 6.45) is 2.53. The van der Waals surface area contributed by atoms with Crippen LogP contribution in [0.25, 0.3) is 0 Å². The maximum Gasteiger partial charge on any atom is 0.236 e. The van der Waals surface area contributed by atoms with E-state index in [1.807, 2.05) is 0 Å². The van der Waals surface area contributed by atoms with Crippen LogP contribution < -0.4 is 33.6 Å². The lowest BCUT2D eigenvalue weighted by Crippen LogP contribution is -2.46. The second-order valence-electron chi connectivity index (χ2n) is 4.66. The van der Waals surface area contributed by atoms with Crippen molar-refractivity contribution in [2.24, 2.45) is 22.9 Å². The van der Waals surface area contributed by atoms with E-state index in [0.717, 1.165) is 0 Å². The molecule has 0 aromatic rings. The highest BCUT2D eigenvalue weighted by Gasteiger charge is 2.13. The molecule has 0 aliphatic heterocycles. The number of nitrogens with two attached hydrogens (primary N) is 4. The summed E-state index contributed by atoms with van der Waals surface area (Å²) in [6, 6.07) is -1.11. The van der Waals surface area contributed by atoms with Gasteiger partial charge in [-0.3, -0.25) is 9.59 Å². The zero-order chi connectivity index (χ0) is 15.4. The van der Waals surface area contributed by atoms with Gasteiger partial charge in [0.2, 0.25) is 11.8 Å². The van der Waals surface area contributed by atoms with Crippen molar-refractivity contribution in [3.8, 4) is 0 Å². The highest BCUT2D eigenvalue weighted by molar-refractivity contribution is 5.82. The van der Waals surface area contributed by atoms with Crippen molar-refractivity contribution in [1.82, 2.24) is 10.6 Å². The minimum absolute atomic E-state index is 0.236. The Labute approximate surface area is 120 Å². The highest BCUT2D eigenvalue weighted by Crippen LogP contribution is 1.93. The van der Waals surface area contributed by atoms with E-state index >= 15 is 0 Å². The van der Waals surface area contributed by atoms with Crippen molar-refractivity contribution in [1.29, 1.82) is 0 Å². The van der Waals surface area contributed by atoms with Crippen LogP contribution in [0.1, 0.15) is 25.7 Å². The summed E-state index contributed by atoms with van der Waals surface area (Å²) in [7, 11) is 0. The van der Waals surface area contributed by atoms with E-state index in [-0.39, 0.29) is 11.8 Å². The van der Waals surface area contributed by atoms with E-state index in [2.05, 4.69) is 10.6 Å². The molecule has 0 unspecified atom stereocenters. The zero-order valence-corrected chi connectivity index (χ0v) is 11.9. The SMILES string of the molecule is NCCC[C@@H](N)C(=O)NCCNC(=O)[C@H](N)CCCN. The first-order valence-electron chi connectivity index (χ1n) is 6.99. The van der Waals surface area contributed by atoms with Crippen molar-refractivity contribution in [3.05, 3.63) is 0 Å². The Kier molecular flexibility index (Phi) is 10.9. The Morgan fingerprint density at radius 3 is 1.45 bits per heavy atom. The molecule has 0 aliphatic carbocycles. The van der Waals surface area contributed by atoms with Crippen LogP contribution in [-0.2, 0) is 9.59 Å². The number of hydrogen-bond donors (Lipinski definition) is 6. The first-order chi connectivity index (χ1) is 9.52. The summed E-state index contributed by atoms with van der Waals surface area (Å²) >= 11 is 0. The van der Waals surface area contributed by atoms with Crippen molar-refractivity contribution in [2.45, 2.75) is 37.8 Å². The average molecular weight is 288 g/mol. The summed E-state index contributed by atoms with van der Waals surface area (Å²) in [5.41, 5.74) is 22.0. The van der Waals surface area contributed by atoms with Crippen LogP contribution in [-0.4, -0.2) is 50.1 Å². The Hall–Kier alpha value is -1.22. The highest BCUT2D eigenvalue weighted by atomic mass is 16.2. The number of carbonyl (C=O) groups excluding carboxylic acids is 2. The third kappa shape index (κ3) is 8.81. The molecule has 0 rings (SSSR count). The van der Waals surface area contributed by atoms with E-state index < -0.39 is 12.1 Å². The molecule has 0 aliphatic rings. The molecule has 2 amide bonds. The zero-order valence-electron chi connectivity index (χ0n) is 11.9. The number of carbonyl (C=O) groups is 2. The van der Waals surface area contributed by atoms with Gasteiger partial charge in [-0.1, -0.05) is 0 Å². The van der Waals surface area contributed by atoms with Crippen LogP contribution in [0.2, 0.25) is 0 Å². The van der Waals surface area contributed by atoms with Crippen molar-refractivity contribution < 1.29 is 9.59 Å². The van der Waals surface area contributed by atoms with Gasteiger partial charge in [0.15, 0.2) is 0 Å². The minimum Gasteiger partial charge on any atom is -0.353 e. The second-order valence-corrected chi connectivity index (χ2v) is 4.66. The van der Waals surface area contributed by atoms with Gasteiger partial charge in [0.1, 0.15) is 0 Å². The Morgan fingerprint density at radius 2 is 1.15 bits per heavy atom. The van der Waals surface area contributed by atoms with Crippen LogP contribution in [0.4, 0.5) is 0 Å². The number of rotatable bonds is 11. The quantitative estimate of drug-likeness (QED) is 0.227. The molecular formula is C12H28N6O2. The fourth-order valence-corrected chi connectivity index (χ4v) is 1.57. The fraction of sp³-hybridized carbons (Fsp3) is 0.833. The fourth-order valence-electron chi connectivity index (χ4n) is 1.57. The molecule has 10 N–H and O–H groups in total. The molecule has 0 bridgehead atoms. The summed E-state index contributed by atoms with van der Waals surface area (Å²) in [5.74, 6) is -0.472. The molecule has 2 atom stereocenters. The van der Waals surface area contributed by atoms with E-state index in [4.69, 9.17) is 22.9 Å². The van der Waals surface area contributed by atoms with Gasteiger partial charge in [0, 0.05) is 13.1 Å². The van der Waals surface area contributed by atoms with Gasteiger partial charge in [0.05, 0.1) is 12.1 Å². The van der Waals surface area contributed by atoms with E-state index in [9.17, 15) is 9.59 Å². The molecule has 0 saturated heterocycles. The molecule has 0 saturated carbocycles. The van der Waals surface area contributed by atoms with E-state index in [1.54, 1.807) is 0 Å². The predicted molar refractivity (Wildman–Crippen MR) is 78.5 cm³/mol. The molecule has 8 nitrogen and oxygen atoms in total. The molecule has 20 heavy (non-hydrogen) atoms. The lowest BCUT2D eigenvalue weighted by Gasteiger charge is -2.14. The molecule has 0 radical (unpaired) electrons. The lowest BCUT2D eigenvalue weighted by molar-refractivity contribution is -0.124. The smallest absolute Gasteiger partial charge is 0.236 e. The standard InChI is InChI=1S/C12H28N6O2/c13-5-1-3-9(15)11(19)17-7-8-18-12(20)10(16)4-2-6-14/h9-10H,1-8,13-16H2,(H,17,19)(H,18,20)/t9-,10-/m1/s1. The first kappa shape index (κ1) is 18.8. The largest absolute Gasteiger partial charge is 0.353 e. The molecule has 0 heterocycles. The second kappa shape index (κ2) is 11.6. The number of amides is 2. The normalized spacial score (nSPS) is 13.6. The van der Waals surface area contributed by atoms with Crippen molar-refractivity contribution in [2.75, 3.05) is 26.2 Å². The molecule has 8 heteroatoms. The van der Waals surface area contributed by atoms with E-state index in [0.29, 0.717) is 51.9 Å². The summed E-state index contributed by atoms with van der Waals surface area (Å²) in [6.45, 7) is 1.67. The molecule has 0 spiro atoms. The third-order valence-corrected chi connectivity index (χ3v) is 2.84. The Morgan fingerprint density at radius 1 is 0.800 bits per heavy atom. The van der Waals surface area contributed by atoms with Crippen LogP contribution in [0.3, 0.4) is 0 Å². The Bertz CT molecular complexity index is 259. The number of nitrogens with one attached hydrogen (secondary N) is 2. The van der Waals surface area contributed by atoms with Gasteiger partial charge in [-0.25, -0.2) is 0 Å². The molecule has 118 valence electrons. The predicted octanol–water partition coefficient (Wildman–Crippen LogP) is -2.65. The third-order valence-electron chi connectivity index (χ3n) is 2.84. The molecule has 0 fully saturated rings. The van der Waals surface area contributed by atoms with Crippen LogP contribution in [0, 0.1) is 0 Å². The molecule has 0 aromatic heterocycles. The minimum atomic E-state index is -0.555. The van der Waals surface area contributed by atoms with E-state index in [1.165, 1.54) is 0 Å². The van der Waals surface area contributed by atoms with Gasteiger partial charge in [-0.2, -0.15) is 0 Å². The monoisotopic (exact) mass is 288 g/mol. The average Bonchev–Trinajstić information content (AvgIpc) is 2.45. The summed E-state index contributed by atoms with van der Waals surface area (Å²) in [4.78, 5) is 23.1. The van der Waals surface area contributed by atoms with Crippen molar-refractivity contribution in [3.63, 3.8) is 0 Å². The van der Waals surface area contributed by atoms with Crippen molar-refractivity contribution >= 4 is 11.8 Å². The van der Waals surface area contributed by atoms with Crippen LogP contribution in [0.15, 0.2) is 0 Å². The van der Waals surface area contributed by atoms with Gasteiger partial charge in [0.25, 0.3) is 0 Å². The summed E-state index contributed by atoms with van der Waals surface area (Å²) < 4.78 is 0.